The third-order valence-corrected chi connectivity index (χ3v) is 13.6. The molecule has 3 aromatic rings. The number of hydrogen-bond donors (Lipinski definition) is 0. The summed E-state index contributed by atoms with van der Waals surface area (Å²) in [4.78, 5) is 0. The van der Waals surface area contributed by atoms with Crippen molar-refractivity contribution in [1.29, 1.82) is 0 Å². The quantitative estimate of drug-likeness (QED) is 0.342. The fourth-order valence-electron chi connectivity index (χ4n) is 5.86. The molecule has 0 saturated heterocycles. The minimum atomic E-state index is -0.525. The molecule has 2 fully saturated rings. The minimum absolute atomic E-state index is 0.110. The van der Waals surface area contributed by atoms with Gasteiger partial charge in [0.15, 0.2) is 0 Å². The largest absolute Gasteiger partial charge is 0.0682 e. The molecule has 0 bridgehead atoms. The van der Waals surface area contributed by atoms with E-state index in [0.717, 1.165) is 11.3 Å². The van der Waals surface area contributed by atoms with Crippen LogP contribution in [0.2, 0.25) is 0 Å². The Kier molecular flexibility index (Phi) is 7.74. The Balaban J connectivity index is 1.62. The Morgan fingerprint density at radius 1 is 0.438 bits per heavy atom. The van der Waals surface area contributed by atoms with Gasteiger partial charge in [0.25, 0.3) is 0 Å². The van der Waals surface area contributed by atoms with Crippen LogP contribution < -0.4 is 21.2 Å². The minimum Gasteiger partial charge on any atom is -0.0682 e. The van der Waals surface area contributed by atoms with Crippen LogP contribution in [0.15, 0.2) is 84.9 Å². The van der Waals surface area contributed by atoms with Crippen LogP contribution in [-0.2, 0) is 0 Å². The van der Waals surface area contributed by atoms with Crippen LogP contribution >= 0.6 is 15.8 Å². The zero-order chi connectivity index (χ0) is 21.6. The number of rotatable bonds is 6. The van der Waals surface area contributed by atoms with E-state index in [0.29, 0.717) is 0 Å². The summed E-state index contributed by atoms with van der Waals surface area (Å²) in [5.74, 6) is 0. The molecule has 2 aliphatic rings. The highest BCUT2D eigenvalue weighted by Crippen LogP contribution is 2.55. The highest BCUT2D eigenvalue weighted by molar-refractivity contribution is 7.82. The van der Waals surface area contributed by atoms with E-state index < -0.39 is 7.92 Å². The summed E-state index contributed by atoms with van der Waals surface area (Å²) in [5, 5.41) is 6.37. The molecule has 0 spiro atoms. The number of hydrogen-bond acceptors (Lipinski definition) is 0. The van der Waals surface area contributed by atoms with Gasteiger partial charge in [-0.15, -0.1) is 0 Å². The SMILES string of the molecule is c1ccc(P(c2ccccc2)c2ccccc2P(C2CCCCC2)C2CCCCC2)cc1. The third kappa shape index (κ3) is 5.03. The lowest BCUT2D eigenvalue weighted by Crippen LogP contribution is -2.35. The first kappa shape index (κ1) is 22.3. The van der Waals surface area contributed by atoms with Gasteiger partial charge in [-0.3, -0.25) is 0 Å². The van der Waals surface area contributed by atoms with E-state index in [9.17, 15) is 0 Å². The molecule has 0 heterocycles. The van der Waals surface area contributed by atoms with E-state index in [1.54, 1.807) is 10.6 Å². The molecular weight excluding hydrogens is 422 g/mol. The monoisotopic (exact) mass is 458 g/mol. The molecule has 0 unspecified atom stereocenters. The van der Waals surface area contributed by atoms with E-state index in [1.807, 2.05) is 0 Å². The van der Waals surface area contributed by atoms with Crippen LogP contribution in [0.25, 0.3) is 0 Å². The highest BCUT2D eigenvalue weighted by atomic mass is 31.1. The van der Waals surface area contributed by atoms with Crippen molar-refractivity contribution in [3.8, 4) is 0 Å². The summed E-state index contributed by atoms with van der Waals surface area (Å²) < 4.78 is 0. The fraction of sp³-hybridized carbons (Fsp3) is 0.400. The van der Waals surface area contributed by atoms with Crippen molar-refractivity contribution in [3.05, 3.63) is 84.9 Å². The maximum atomic E-state index is 2.55. The first-order valence-corrected chi connectivity index (χ1v) is 15.5. The second-order valence-electron chi connectivity index (χ2n) is 9.49. The fourth-order valence-corrected chi connectivity index (χ4v) is 12.7. The summed E-state index contributed by atoms with van der Waals surface area (Å²) >= 11 is 0. The van der Waals surface area contributed by atoms with E-state index in [1.165, 1.54) is 74.8 Å². The molecule has 2 saturated carbocycles. The predicted octanol–water partition coefficient (Wildman–Crippen LogP) is 7.22. The van der Waals surface area contributed by atoms with Crippen LogP contribution in [-0.4, -0.2) is 11.3 Å². The van der Waals surface area contributed by atoms with Gasteiger partial charge in [-0.1, -0.05) is 131 Å². The van der Waals surface area contributed by atoms with Gasteiger partial charge in [-0.05, 0) is 66.1 Å². The van der Waals surface area contributed by atoms with Crippen molar-refractivity contribution < 1.29 is 0 Å². The molecule has 2 aliphatic carbocycles. The molecule has 5 rings (SSSR count). The standard InChI is InChI=1S/C30H36P2/c1-5-15-25(16-6-1)31(26-17-7-2-8-18-26)29-23-13-14-24-30(29)32(27-19-9-3-10-20-27)28-21-11-4-12-22-28/h1-2,5-8,13-18,23-24,27-28H,3-4,9-12,19-22H2. The van der Waals surface area contributed by atoms with E-state index in [-0.39, 0.29) is 7.92 Å². The molecule has 0 aliphatic heterocycles. The van der Waals surface area contributed by atoms with E-state index in [2.05, 4.69) is 84.9 Å². The molecular formula is C30H36P2. The highest BCUT2D eigenvalue weighted by Gasteiger charge is 2.34. The Labute approximate surface area is 197 Å². The molecule has 3 aromatic carbocycles. The molecule has 0 N–H and O–H groups in total. The van der Waals surface area contributed by atoms with Gasteiger partial charge in [-0.25, -0.2) is 0 Å². The topological polar surface area (TPSA) is 0 Å². The molecule has 0 atom stereocenters. The Morgan fingerprint density at radius 3 is 1.31 bits per heavy atom. The molecule has 2 heteroatoms. The van der Waals surface area contributed by atoms with Crippen molar-refractivity contribution in [3.63, 3.8) is 0 Å². The Bertz CT molecular complexity index is 899. The van der Waals surface area contributed by atoms with Crippen LogP contribution in [0.5, 0.6) is 0 Å². The lowest BCUT2D eigenvalue weighted by molar-refractivity contribution is 0.487. The molecule has 0 amide bonds. The zero-order valence-corrected chi connectivity index (χ0v) is 21.0. The number of benzene rings is 3. The summed E-state index contributed by atoms with van der Waals surface area (Å²) in [5.41, 5.74) is 1.87. The van der Waals surface area contributed by atoms with Gasteiger partial charge in [0.2, 0.25) is 0 Å². The van der Waals surface area contributed by atoms with Gasteiger partial charge in [-0.2, -0.15) is 0 Å². The summed E-state index contributed by atoms with van der Waals surface area (Å²) in [6, 6.07) is 32.3. The first-order chi connectivity index (χ1) is 15.9. The van der Waals surface area contributed by atoms with E-state index >= 15 is 0 Å². The average Bonchev–Trinajstić information content (AvgIpc) is 2.88. The maximum absolute atomic E-state index is 2.55. The van der Waals surface area contributed by atoms with Crippen molar-refractivity contribution >= 4 is 37.1 Å². The van der Waals surface area contributed by atoms with Gasteiger partial charge < -0.3 is 0 Å². The molecule has 0 nitrogen and oxygen atoms in total. The van der Waals surface area contributed by atoms with Crippen LogP contribution in [0.3, 0.4) is 0 Å². The Morgan fingerprint density at radius 2 is 0.844 bits per heavy atom. The molecule has 166 valence electrons. The van der Waals surface area contributed by atoms with Crippen LogP contribution in [0.1, 0.15) is 64.2 Å². The van der Waals surface area contributed by atoms with Gasteiger partial charge >= 0.3 is 0 Å². The lowest BCUT2D eigenvalue weighted by Gasteiger charge is -2.40. The molecule has 0 radical (unpaired) electrons. The third-order valence-electron chi connectivity index (χ3n) is 7.37. The predicted molar refractivity (Wildman–Crippen MR) is 145 cm³/mol. The Hall–Kier alpha value is -1.48. The summed E-state index contributed by atoms with van der Waals surface area (Å²) in [7, 11) is -0.635. The molecule has 0 aromatic heterocycles. The van der Waals surface area contributed by atoms with E-state index in [4.69, 9.17) is 0 Å². The first-order valence-electron chi connectivity index (χ1n) is 12.7. The van der Waals surface area contributed by atoms with Crippen LogP contribution in [0, 0.1) is 0 Å². The van der Waals surface area contributed by atoms with Crippen LogP contribution in [0.4, 0.5) is 0 Å². The maximum Gasteiger partial charge on any atom is -0.00740 e. The zero-order valence-electron chi connectivity index (χ0n) is 19.2. The lowest BCUT2D eigenvalue weighted by atomic mass is 9.99. The summed E-state index contributed by atoms with van der Waals surface area (Å²) in [6.45, 7) is 0. The van der Waals surface area contributed by atoms with Gasteiger partial charge in [0.1, 0.15) is 0 Å². The van der Waals surface area contributed by atoms with Crippen molar-refractivity contribution in [2.75, 3.05) is 0 Å². The van der Waals surface area contributed by atoms with Gasteiger partial charge in [0, 0.05) is 0 Å². The second-order valence-corrected chi connectivity index (χ2v) is 14.4. The second kappa shape index (κ2) is 11.1. The summed E-state index contributed by atoms with van der Waals surface area (Å²) in [6.07, 6.45) is 14.6. The smallest absolute Gasteiger partial charge is 0.00740 e. The van der Waals surface area contributed by atoms with Gasteiger partial charge in [0.05, 0.1) is 0 Å². The normalized spacial score (nSPS) is 18.3. The average molecular weight is 459 g/mol. The van der Waals surface area contributed by atoms with Crippen molar-refractivity contribution in [1.82, 2.24) is 0 Å². The van der Waals surface area contributed by atoms with Crippen molar-refractivity contribution in [2.45, 2.75) is 75.5 Å². The van der Waals surface area contributed by atoms with Crippen molar-refractivity contribution in [2.24, 2.45) is 0 Å². The molecule has 32 heavy (non-hydrogen) atoms.